The zero-order chi connectivity index (χ0) is 43.4. The highest BCUT2D eigenvalue weighted by atomic mass is 31.2. The molecule has 0 aromatic carbocycles. The summed E-state index contributed by atoms with van der Waals surface area (Å²) in [7, 11) is -5.04. The number of esters is 1. The monoisotopic (exact) mass is 857 g/mol. The first-order valence-electron chi connectivity index (χ1n) is 22.6. The third-order valence-electron chi connectivity index (χ3n) is 10.2. The summed E-state index contributed by atoms with van der Waals surface area (Å²) in [5.41, 5.74) is 0. The molecule has 1 rings (SSSR count). The van der Waals surface area contributed by atoms with Crippen LogP contribution in [0, 0.1) is 0 Å². The number of aliphatic hydroxyl groups is 5. The molecule has 0 aliphatic heterocycles. The Morgan fingerprint density at radius 2 is 0.932 bits per heavy atom. The van der Waals surface area contributed by atoms with Gasteiger partial charge in [0.1, 0.15) is 42.7 Å². The fourth-order valence-corrected chi connectivity index (χ4v) is 7.58. The molecule has 0 heterocycles. The van der Waals surface area contributed by atoms with Gasteiger partial charge in [0.15, 0.2) is 0 Å². The second-order valence-electron chi connectivity index (χ2n) is 15.5. The Balaban J connectivity index is 2.46. The molecule has 342 valence electrons. The number of rotatable bonds is 37. The second-order valence-corrected chi connectivity index (χ2v) is 16.9. The van der Waals surface area contributed by atoms with Crippen molar-refractivity contribution in [2.75, 3.05) is 19.8 Å². The van der Waals surface area contributed by atoms with Crippen LogP contribution in [0.1, 0.15) is 162 Å². The lowest BCUT2D eigenvalue weighted by Gasteiger charge is -2.41. The van der Waals surface area contributed by atoms with Gasteiger partial charge in [0.25, 0.3) is 0 Å². The van der Waals surface area contributed by atoms with Crippen molar-refractivity contribution in [2.45, 2.75) is 204 Å². The molecule has 59 heavy (non-hydrogen) atoms. The summed E-state index contributed by atoms with van der Waals surface area (Å²) in [5, 5.41) is 50.1. The summed E-state index contributed by atoms with van der Waals surface area (Å²) >= 11 is 0. The van der Waals surface area contributed by atoms with Crippen LogP contribution in [0.2, 0.25) is 0 Å². The minimum atomic E-state index is -5.04. The second kappa shape index (κ2) is 36.7. The lowest BCUT2D eigenvalue weighted by Crippen LogP contribution is -2.64. The molecule has 0 saturated heterocycles. The van der Waals surface area contributed by atoms with Gasteiger partial charge in [-0.05, 0) is 38.5 Å². The molecule has 0 aromatic rings. The molecular weight excluding hydrogens is 775 g/mol. The molecule has 12 nitrogen and oxygen atoms in total. The van der Waals surface area contributed by atoms with Crippen molar-refractivity contribution in [1.82, 2.24) is 0 Å². The summed E-state index contributed by atoms with van der Waals surface area (Å²) in [5.74, 6) is -0.603. The first-order valence-corrected chi connectivity index (χ1v) is 24.1. The number of unbranched alkanes of at least 4 members (excludes halogenated alkanes) is 16. The predicted octanol–water partition coefficient (Wildman–Crippen LogP) is 9.03. The van der Waals surface area contributed by atoms with Crippen LogP contribution in [0.3, 0.4) is 0 Å². The first-order chi connectivity index (χ1) is 28.5. The van der Waals surface area contributed by atoms with Crippen molar-refractivity contribution in [2.24, 2.45) is 0 Å². The fourth-order valence-electron chi connectivity index (χ4n) is 6.61. The Hall–Kier alpha value is -1.96. The largest absolute Gasteiger partial charge is 0.472 e. The van der Waals surface area contributed by atoms with Gasteiger partial charge in [-0.1, -0.05) is 177 Å². The van der Waals surface area contributed by atoms with E-state index in [-0.39, 0.29) is 13.0 Å². The Labute approximate surface area is 356 Å². The Morgan fingerprint density at radius 3 is 1.37 bits per heavy atom. The minimum absolute atomic E-state index is 0.0466. The predicted molar refractivity (Wildman–Crippen MR) is 235 cm³/mol. The van der Waals surface area contributed by atoms with E-state index in [1.807, 2.05) is 18.2 Å². The number of hydrogen-bond donors (Lipinski definition) is 6. The van der Waals surface area contributed by atoms with Crippen LogP contribution in [0.5, 0.6) is 0 Å². The van der Waals surface area contributed by atoms with E-state index in [0.717, 1.165) is 44.9 Å². The van der Waals surface area contributed by atoms with Gasteiger partial charge in [-0.25, -0.2) is 4.57 Å². The summed E-state index contributed by atoms with van der Waals surface area (Å²) in [6.07, 6.45) is 33.2. The van der Waals surface area contributed by atoms with Gasteiger partial charge in [0.05, 0.1) is 19.6 Å². The van der Waals surface area contributed by atoms with E-state index in [4.69, 9.17) is 18.5 Å². The number of ether oxygens (including phenoxy) is 2. The summed E-state index contributed by atoms with van der Waals surface area (Å²) in [4.78, 5) is 23.1. The number of aliphatic hydroxyl groups excluding tert-OH is 5. The number of carbonyl (C=O) groups excluding carboxylic acids is 1. The number of hydrogen-bond acceptors (Lipinski definition) is 11. The molecule has 6 atom stereocenters. The highest BCUT2D eigenvalue weighted by Crippen LogP contribution is 2.47. The molecule has 0 amide bonds. The average Bonchev–Trinajstić information content (AvgIpc) is 3.22. The van der Waals surface area contributed by atoms with Crippen molar-refractivity contribution in [3.63, 3.8) is 0 Å². The van der Waals surface area contributed by atoms with E-state index in [0.29, 0.717) is 13.0 Å². The van der Waals surface area contributed by atoms with Crippen LogP contribution in [-0.4, -0.2) is 98.9 Å². The zero-order valence-corrected chi connectivity index (χ0v) is 37.2. The lowest BCUT2D eigenvalue weighted by atomic mass is 9.85. The van der Waals surface area contributed by atoms with E-state index in [9.17, 15) is 39.8 Å². The number of phosphoric acid groups is 1. The van der Waals surface area contributed by atoms with E-state index in [1.54, 1.807) is 6.08 Å². The highest BCUT2D eigenvalue weighted by molar-refractivity contribution is 7.47. The molecule has 6 unspecified atom stereocenters. The normalized spacial score (nSPS) is 23.1. The van der Waals surface area contributed by atoms with Gasteiger partial charge < -0.3 is 39.9 Å². The third-order valence-corrected chi connectivity index (χ3v) is 11.2. The molecule has 0 spiro atoms. The maximum absolute atomic E-state index is 12.8. The van der Waals surface area contributed by atoms with Gasteiger partial charge >= 0.3 is 13.8 Å². The standard InChI is InChI=1S/C46H81O12P/c1-3-5-7-9-11-13-15-17-19-20-22-24-26-28-30-32-34-36-55-37-39(38-56-59(53,54)58-46-44(51)42(49)41(48)43(50)45(46)52)57-40(47)35-33-31-29-27-25-23-21-18-16-14-12-10-8-6-4-2/h6,8,12,14,18,21,25,27,31,33,39,41-46,48-52H,3-5,7,9-11,13,15-17,19-20,22-24,26,28-30,32,34-38H2,1-2H3,(H,53,54)/b8-6-,14-12-,21-18-,27-25-,33-31-. The Morgan fingerprint density at radius 1 is 0.542 bits per heavy atom. The maximum Gasteiger partial charge on any atom is 0.472 e. The quantitative estimate of drug-likeness (QED) is 0.0151. The Kier molecular flexibility index (Phi) is 34.2. The van der Waals surface area contributed by atoms with E-state index >= 15 is 0 Å². The van der Waals surface area contributed by atoms with Gasteiger partial charge in [-0.3, -0.25) is 13.8 Å². The lowest BCUT2D eigenvalue weighted by molar-refractivity contribution is -0.220. The maximum atomic E-state index is 12.8. The molecule has 0 radical (unpaired) electrons. The minimum Gasteiger partial charge on any atom is -0.457 e. The smallest absolute Gasteiger partial charge is 0.457 e. The summed E-state index contributed by atoms with van der Waals surface area (Å²) in [6.45, 7) is 4.04. The number of allylic oxidation sites excluding steroid dienone is 9. The molecule has 1 fully saturated rings. The van der Waals surface area contributed by atoms with Crippen molar-refractivity contribution in [3.05, 3.63) is 60.8 Å². The molecule has 1 saturated carbocycles. The van der Waals surface area contributed by atoms with Crippen molar-refractivity contribution in [3.8, 4) is 0 Å². The van der Waals surface area contributed by atoms with Gasteiger partial charge in [-0.2, -0.15) is 0 Å². The third kappa shape index (κ3) is 29.1. The molecule has 0 bridgehead atoms. The van der Waals surface area contributed by atoms with Crippen molar-refractivity contribution < 1.29 is 58.3 Å². The van der Waals surface area contributed by atoms with Crippen molar-refractivity contribution in [1.29, 1.82) is 0 Å². The van der Waals surface area contributed by atoms with Crippen LogP contribution in [-0.2, 0) is 27.9 Å². The summed E-state index contributed by atoms with van der Waals surface area (Å²) < 4.78 is 34.0. The molecule has 1 aliphatic rings. The topological polar surface area (TPSA) is 192 Å². The summed E-state index contributed by atoms with van der Waals surface area (Å²) in [6, 6.07) is 0. The van der Waals surface area contributed by atoms with Gasteiger partial charge in [-0.15, -0.1) is 0 Å². The van der Waals surface area contributed by atoms with E-state index in [2.05, 4.69) is 50.3 Å². The van der Waals surface area contributed by atoms with E-state index in [1.165, 1.54) is 89.9 Å². The molecular formula is C46H81O12P. The van der Waals surface area contributed by atoms with Crippen molar-refractivity contribution >= 4 is 13.8 Å². The first kappa shape index (κ1) is 55.1. The highest BCUT2D eigenvalue weighted by Gasteiger charge is 2.51. The molecule has 1 aliphatic carbocycles. The number of carbonyl (C=O) groups is 1. The fraction of sp³-hybridized carbons (Fsp3) is 0.761. The SMILES string of the molecule is CC/C=C\C/C=C\C/C=C\C/C=C\C/C=C\CC(=O)OC(COCCCCCCCCCCCCCCCCCCC)COP(=O)(O)OC1C(O)C(O)C(O)C(O)C1O. The molecule has 6 N–H and O–H groups in total. The van der Waals surface area contributed by atoms with Crippen LogP contribution in [0.4, 0.5) is 0 Å². The van der Waals surface area contributed by atoms with Gasteiger partial charge in [0, 0.05) is 6.61 Å². The molecule has 0 aromatic heterocycles. The average molecular weight is 857 g/mol. The van der Waals surface area contributed by atoms with E-state index < -0.39 is 63.1 Å². The Bertz CT molecular complexity index is 1200. The van der Waals surface area contributed by atoms with Crippen LogP contribution in [0.25, 0.3) is 0 Å². The number of phosphoric ester groups is 1. The zero-order valence-electron chi connectivity index (χ0n) is 36.3. The van der Waals surface area contributed by atoms with Crippen LogP contribution in [0.15, 0.2) is 60.8 Å². The van der Waals surface area contributed by atoms with Crippen LogP contribution < -0.4 is 0 Å². The molecule has 13 heteroatoms. The van der Waals surface area contributed by atoms with Gasteiger partial charge in [0.2, 0.25) is 0 Å². The van der Waals surface area contributed by atoms with Crippen LogP contribution >= 0.6 is 7.82 Å².